The lowest BCUT2D eigenvalue weighted by molar-refractivity contribution is -0.923. The number of amides is 1. The third kappa shape index (κ3) is 2.86. The number of hydrogen-bond acceptors (Lipinski definition) is 4. The van der Waals surface area contributed by atoms with E-state index >= 15 is 0 Å². The molecule has 3 heterocycles. The van der Waals surface area contributed by atoms with Crippen molar-refractivity contribution in [2.24, 2.45) is 0 Å². The average Bonchev–Trinajstić information content (AvgIpc) is 3.10. The first kappa shape index (κ1) is 14.3. The minimum absolute atomic E-state index is 0.0190. The molecule has 3 rings (SSSR count). The molecule has 4 nitrogen and oxygen atoms in total. The van der Waals surface area contributed by atoms with E-state index in [-0.39, 0.29) is 5.91 Å². The molecule has 0 fully saturated rings. The van der Waals surface area contributed by atoms with Gasteiger partial charge in [0.2, 0.25) is 0 Å². The number of hydrogen-bond donors (Lipinski definition) is 2. The van der Waals surface area contributed by atoms with Crippen LogP contribution in [0.25, 0.3) is 0 Å². The van der Waals surface area contributed by atoms with E-state index in [1.54, 1.807) is 6.07 Å². The molecule has 0 aromatic carbocycles. The summed E-state index contributed by atoms with van der Waals surface area (Å²) in [6, 6.07) is 6.35. The van der Waals surface area contributed by atoms with Gasteiger partial charge in [-0.15, -0.1) is 22.7 Å². The Labute approximate surface area is 131 Å². The van der Waals surface area contributed by atoms with Crippen LogP contribution in [-0.4, -0.2) is 19.0 Å². The van der Waals surface area contributed by atoms with E-state index in [2.05, 4.69) is 29.8 Å². The van der Waals surface area contributed by atoms with Crippen molar-refractivity contribution in [2.45, 2.75) is 19.4 Å². The topological polar surface area (TPSA) is 57.3 Å². The van der Waals surface area contributed by atoms with Gasteiger partial charge in [0.25, 0.3) is 5.91 Å². The number of nitrogens with zero attached hydrogens (tertiary/aromatic N) is 1. The van der Waals surface area contributed by atoms with E-state index in [0.29, 0.717) is 23.2 Å². The van der Waals surface area contributed by atoms with Crippen LogP contribution in [0.3, 0.4) is 0 Å². The summed E-state index contributed by atoms with van der Waals surface area (Å²) in [6.07, 6.45) is 1.04. The van der Waals surface area contributed by atoms with Crippen LogP contribution in [0.5, 0.6) is 0 Å². The highest BCUT2D eigenvalue weighted by atomic mass is 32.1. The summed E-state index contributed by atoms with van der Waals surface area (Å²) in [5.41, 5.74) is 1.91. The molecule has 1 aliphatic rings. The largest absolute Gasteiger partial charge is 0.321 e. The van der Waals surface area contributed by atoms with Crippen molar-refractivity contribution in [1.29, 1.82) is 5.26 Å². The van der Waals surface area contributed by atoms with E-state index in [1.165, 1.54) is 26.7 Å². The minimum atomic E-state index is -0.0190. The summed E-state index contributed by atoms with van der Waals surface area (Å²) in [6.45, 7) is 3.61. The van der Waals surface area contributed by atoms with Gasteiger partial charge < -0.3 is 10.2 Å². The molecule has 2 N–H and O–H groups in total. The average molecular weight is 318 g/mol. The van der Waals surface area contributed by atoms with Crippen LogP contribution in [0, 0.1) is 11.3 Å². The second kappa shape index (κ2) is 5.98. The van der Waals surface area contributed by atoms with E-state index in [4.69, 9.17) is 5.26 Å². The summed E-state index contributed by atoms with van der Waals surface area (Å²) in [4.78, 5) is 15.0. The quantitative estimate of drug-likeness (QED) is 0.907. The molecule has 108 valence electrons. The molecule has 0 spiro atoms. The number of nitriles is 1. The maximum Gasteiger partial charge on any atom is 0.280 e. The number of thiophene rings is 2. The van der Waals surface area contributed by atoms with Gasteiger partial charge in [0.15, 0.2) is 6.54 Å². The Kier molecular flexibility index (Phi) is 4.06. The molecular formula is C15H16N3OS2+. The van der Waals surface area contributed by atoms with Gasteiger partial charge in [0.1, 0.15) is 17.1 Å². The molecule has 1 aliphatic heterocycles. The smallest absolute Gasteiger partial charge is 0.280 e. The zero-order chi connectivity index (χ0) is 14.8. The van der Waals surface area contributed by atoms with Crippen LogP contribution in [-0.2, 0) is 11.2 Å². The minimum Gasteiger partial charge on any atom is -0.321 e. The van der Waals surface area contributed by atoms with Crippen molar-refractivity contribution in [3.8, 4) is 6.07 Å². The molecule has 2 aromatic heterocycles. The Morgan fingerprint density at radius 2 is 2.29 bits per heavy atom. The van der Waals surface area contributed by atoms with Gasteiger partial charge in [0.05, 0.1) is 12.1 Å². The van der Waals surface area contributed by atoms with Crippen LogP contribution in [0.2, 0.25) is 0 Å². The Morgan fingerprint density at radius 3 is 3.10 bits per heavy atom. The van der Waals surface area contributed by atoms with Crippen molar-refractivity contribution >= 4 is 33.6 Å². The van der Waals surface area contributed by atoms with Crippen LogP contribution in [0.4, 0.5) is 5.00 Å². The Balaban J connectivity index is 1.65. The van der Waals surface area contributed by atoms with Crippen LogP contribution in [0.1, 0.15) is 29.0 Å². The second-order valence-corrected chi connectivity index (χ2v) is 7.10. The normalized spacial score (nSPS) is 20.6. The molecule has 2 atom stereocenters. The van der Waals surface area contributed by atoms with Crippen molar-refractivity contribution in [3.05, 3.63) is 38.9 Å². The molecule has 21 heavy (non-hydrogen) atoms. The molecule has 1 unspecified atom stereocenters. The summed E-state index contributed by atoms with van der Waals surface area (Å²) in [5, 5.41) is 16.4. The Morgan fingerprint density at radius 1 is 1.48 bits per heavy atom. The molecule has 2 aromatic rings. The third-order valence-corrected chi connectivity index (χ3v) is 5.78. The first-order valence-electron chi connectivity index (χ1n) is 6.87. The predicted molar refractivity (Wildman–Crippen MR) is 84.8 cm³/mol. The van der Waals surface area contributed by atoms with Crippen LogP contribution in [0.15, 0.2) is 22.9 Å². The maximum atomic E-state index is 12.2. The Hall–Kier alpha value is -1.68. The van der Waals surface area contributed by atoms with E-state index < -0.39 is 0 Å². The lowest BCUT2D eigenvalue weighted by atomic mass is 10.0. The summed E-state index contributed by atoms with van der Waals surface area (Å²) >= 11 is 3.20. The van der Waals surface area contributed by atoms with Gasteiger partial charge in [-0.05, 0) is 29.8 Å². The molecular weight excluding hydrogens is 302 g/mol. The highest BCUT2D eigenvalue weighted by Crippen LogP contribution is 2.25. The lowest BCUT2D eigenvalue weighted by Gasteiger charge is -2.29. The Bertz CT molecular complexity index is 698. The number of nitrogens with one attached hydrogen (secondary N) is 2. The van der Waals surface area contributed by atoms with E-state index in [9.17, 15) is 4.79 Å². The van der Waals surface area contributed by atoms with Gasteiger partial charge in [-0.3, -0.25) is 4.79 Å². The standard InChI is InChI=1S/C15H15N3OS2/c1-10-12-4-7-20-13(12)2-5-18(10)9-14(19)17-15-11(8-16)3-6-21-15/h3-4,6-7,10H,2,5,9H2,1H3,(H,17,19)/p+1/t10-/m1/s1. The van der Waals surface area contributed by atoms with Crippen molar-refractivity contribution in [1.82, 2.24) is 0 Å². The monoisotopic (exact) mass is 318 g/mol. The SMILES string of the molecule is C[C@@H]1c2ccsc2CC[NH+]1CC(=O)Nc1sccc1C#N. The number of anilines is 1. The van der Waals surface area contributed by atoms with Gasteiger partial charge in [-0.1, -0.05) is 0 Å². The third-order valence-electron chi connectivity index (χ3n) is 3.96. The molecule has 6 heteroatoms. The summed E-state index contributed by atoms with van der Waals surface area (Å²) in [7, 11) is 0. The first-order valence-corrected chi connectivity index (χ1v) is 8.63. The predicted octanol–water partition coefficient (Wildman–Crippen LogP) is 1.82. The summed E-state index contributed by atoms with van der Waals surface area (Å²) < 4.78 is 0. The fourth-order valence-electron chi connectivity index (χ4n) is 2.76. The zero-order valence-corrected chi connectivity index (χ0v) is 13.3. The number of carbonyl (C=O) groups excluding carboxylic acids is 1. The zero-order valence-electron chi connectivity index (χ0n) is 11.7. The molecule has 0 radical (unpaired) electrons. The summed E-state index contributed by atoms with van der Waals surface area (Å²) in [5.74, 6) is -0.0190. The molecule has 0 aliphatic carbocycles. The lowest BCUT2D eigenvalue weighted by Crippen LogP contribution is -3.14. The van der Waals surface area contributed by atoms with Crippen molar-refractivity contribution in [2.75, 3.05) is 18.4 Å². The van der Waals surface area contributed by atoms with Crippen LogP contribution < -0.4 is 10.2 Å². The molecule has 0 saturated carbocycles. The number of quaternary nitrogens is 1. The highest BCUT2D eigenvalue weighted by molar-refractivity contribution is 7.14. The first-order chi connectivity index (χ1) is 10.2. The number of rotatable bonds is 3. The van der Waals surface area contributed by atoms with Crippen molar-refractivity contribution < 1.29 is 9.69 Å². The van der Waals surface area contributed by atoms with Gasteiger partial charge in [-0.2, -0.15) is 5.26 Å². The fraction of sp³-hybridized carbons (Fsp3) is 0.333. The molecule has 0 bridgehead atoms. The molecule has 1 amide bonds. The van der Waals surface area contributed by atoms with Crippen LogP contribution >= 0.6 is 22.7 Å². The number of fused-ring (bicyclic) bond motifs is 1. The van der Waals surface area contributed by atoms with Gasteiger partial charge in [-0.25, -0.2) is 0 Å². The molecule has 0 saturated heterocycles. The number of carbonyl (C=O) groups is 1. The van der Waals surface area contributed by atoms with Gasteiger partial charge in [0, 0.05) is 16.9 Å². The second-order valence-electron chi connectivity index (χ2n) is 5.18. The maximum absolute atomic E-state index is 12.2. The fourth-order valence-corrected chi connectivity index (χ4v) is 4.50. The highest BCUT2D eigenvalue weighted by Gasteiger charge is 2.29. The van der Waals surface area contributed by atoms with Crippen molar-refractivity contribution in [3.63, 3.8) is 0 Å². The van der Waals surface area contributed by atoms with E-state index in [1.807, 2.05) is 16.7 Å². The van der Waals surface area contributed by atoms with Gasteiger partial charge >= 0.3 is 0 Å². The van der Waals surface area contributed by atoms with E-state index in [0.717, 1.165) is 13.0 Å².